The molecule has 0 radical (unpaired) electrons. The Morgan fingerprint density at radius 3 is 1.60 bits per heavy atom. The van der Waals surface area contributed by atoms with Gasteiger partial charge in [-0.1, -0.05) is 18.2 Å². The first-order valence-corrected chi connectivity index (χ1v) is 7.98. The molecule has 3 aromatic carbocycles. The van der Waals surface area contributed by atoms with Gasteiger partial charge in [0, 0.05) is 11.1 Å². The average molecular weight is 332 g/mol. The number of benzene rings is 3. The van der Waals surface area contributed by atoms with Gasteiger partial charge in [0.15, 0.2) is 0 Å². The molecule has 0 saturated heterocycles. The van der Waals surface area contributed by atoms with E-state index in [9.17, 15) is 0 Å². The first-order valence-electron chi connectivity index (χ1n) is 7.98. The molecule has 0 aliphatic rings. The number of para-hydroxylation sites is 1. The lowest BCUT2D eigenvalue weighted by Crippen LogP contribution is -2.06. The fourth-order valence-electron chi connectivity index (χ4n) is 2.43. The van der Waals surface area contributed by atoms with Gasteiger partial charge >= 0.3 is 0 Å². The van der Waals surface area contributed by atoms with E-state index in [1.54, 1.807) is 14.2 Å². The van der Waals surface area contributed by atoms with Crippen LogP contribution in [0.1, 0.15) is 11.1 Å². The van der Waals surface area contributed by atoms with Crippen molar-refractivity contribution in [3.63, 3.8) is 0 Å². The zero-order chi connectivity index (χ0) is 17.5. The van der Waals surface area contributed by atoms with Crippen LogP contribution in [-0.4, -0.2) is 19.9 Å². The molecule has 25 heavy (non-hydrogen) atoms. The van der Waals surface area contributed by atoms with Crippen LogP contribution in [-0.2, 0) is 0 Å². The van der Waals surface area contributed by atoms with Gasteiger partial charge in [-0.3, -0.25) is 5.43 Å². The van der Waals surface area contributed by atoms with Gasteiger partial charge in [-0.25, -0.2) is 0 Å². The zero-order valence-corrected chi connectivity index (χ0v) is 14.3. The van der Waals surface area contributed by atoms with Gasteiger partial charge in [0.1, 0.15) is 11.5 Å². The van der Waals surface area contributed by atoms with Crippen molar-refractivity contribution in [2.45, 2.75) is 0 Å². The molecule has 4 nitrogen and oxygen atoms in total. The molecule has 3 aromatic rings. The summed E-state index contributed by atoms with van der Waals surface area (Å²) in [5, 5.41) is 4.63. The highest BCUT2D eigenvalue weighted by Crippen LogP contribution is 2.19. The number of methoxy groups -OCH3 is 2. The number of nitrogens with one attached hydrogen (secondary N) is 1. The lowest BCUT2D eigenvalue weighted by atomic mass is 10.0. The molecule has 4 heteroatoms. The van der Waals surface area contributed by atoms with Crippen molar-refractivity contribution < 1.29 is 9.47 Å². The van der Waals surface area contributed by atoms with Crippen molar-refractivity contribution in [1.82, 2.24) is 0 Å². The summed E-state index contributed by atoms with van der Waals surface area (Å²) >= 11 is 0. The second kappa shape index (κ2) is 8.02. The fourth-order valence-corrected chi connectivity index (χ4v) is 2.43. The summed E-state index contributed by atoms with van der Waals surface area (Å²) in [6.45, 7) is 0. The predicted molar refractivity (Wildman–Crippen MR) is 102 cm³/mol. The maximum atomic E-state index is 5.24. The standard InChI is InChI=1S/C21H20N2O2/c1-24-19-12-8-16(9-13-19)21(17-10-14-20(25-2)15-11-17)23-22-18-6-4-3-5-7-18/h3-15,22H,1-2H3. The summed E-state index contributed by atoms with van der Waals surface area (Å²) in [6, 6.07) is 25.6. The highest BCUT2D eigenvalue weighted by Gasteiger charge is 2.08. The van der Waals surface area contributed by atoms with E-state index in [0.717, 1.165) is 34.0 Å². The van der Waals surface area contributed by atoms with Crippen LogP contribution >= 0.6 is 0 Å². The summed E-state index contributed by atoms with van der Waals surface area (Å²) in [6.07, 6.45) is 0. The van der Waals surface area contributed by atoms with E-state index in [1.165, 1.54) is 0 Å². The van der Waals surface area contributed by atoms with Crippen LogP contribution in [0.3, 0.4) is 0 Å². The average Bonchev–Trinajstić information content (AvgIpc) is 2.70. The number of rotatable bonds is 6. The number of anilines is 1. The minimum absolute atomic E-state index is 0.814. The lowest BCUT2D eigenvalue weighted by molar-refractivity contribution is 0.414. The molecule has 0 heterocycles. The molecular weight excluding hydrogens is 312 g/mol. The molecule has 0 bridgehead atoms. The quantitative estimate of drug-likeness (QED) is 0.531. The smallest absolute Gasteiger partial charge is 0.118 e. The number of nitrogens with zero attached hydrogens (tertiary/aromatic N) is 1. The topological polar surface area (TPSA) is 42.8 Å². The van der Waals surface area contributed by atoms with Gasteiger partial charge in [-0.15, -0.1) is 0 Å². The summed E-state index contributed by atoms with van der Waals surface area (Å²) in [5.41, 5.74) is 6.89. The third-order valence-corrected chi connectivity index (χ3v) is 3.80. The van der Waals surface area contributed by atoms with Crippen molar-refractivity contribution in [1.29, 1.82) is 0 Å². The van der Waals surface area contributed by atoms with Crippen LogP contribution < -0.4 is 14.9 Å². The van der Waals surface area contributed by atoms with E-state index in [0.29, 0.717) is 0 Å². The number of hydrazone groups is 1. The zero-order valence-electron chi connectivity index (χ0n) is 14.3. The van der Waals surface area contributed by atoms with E-state index in [-0.39, 0.29) is 0 Å². The molecule has 1 N–H and O–H groups in total. The van der Waals surface area contributed by atoms with Crippen molar-refractivity contribution >= 4 is 11.4 Å². The molecule has 0 spiro atoms. The fraction of sp³-hybridized carbons (Fsp3) is 0.0952. The Kier molecular flexibility index (Phi) is 5.32. The van der Waals surface area contributed by atoms with Crippen LogP contribution in [0, 0.1) is 0 Å². The first-order chi connectivity index (χ1) is 12.3. The number of hydrogen-bond donors (Lipinski definition) is 1. The van der Waals surface area contributed by atoms with E-state index < -0.39 is 0 Å². The maximum Gasteiger partial charge on any atom is 0.118 e. The third kappa shape index (κ3) is 4.18. The van der Waals surface area contributed by atoms with Crippen molar-refractivity contribution in [2.24, 2.45) is 5.10 Å². The van der Waals surface area contributed by atoms with E-state index in [2.05, 4.69) is 10.5 Å². The van der Waals surface area contributed by atoms with Gasteiger partial charge < -0.3 is 9.47 Å². The molecule has 0 fully saturated rings. The Morgan fingerprint density at radius 1 is 0.680 bits per heavy atom. The van der Waals surface area contributed by atoms with Crippen molar-refractivity contribution in [3.05, 3.63) is 90.0 Å². The Balaban J connectivity index is 1.96. The molecule has 0 saturated carbocycles. The summed E-state index contributed by atoms with van der Waals surface area (Å²) in [7, 11) is 3.31. The lowest BCUT2D eigenvalue weighted by Gasteiger charge is -2.10. The van der Waals surface area contributed by atoms with E-state index in [4.69, 9.17) is 9.47 Å². The normalized spacial score (nSPS) is 10.0. The Morgan fingerprint density at radius 2 is 1.16 bits per heavy atom. The van der Waals surface area contributed by atoms with Gasteiger partial charge in [-0.2, -0.15) is 5.10 Å². The minimum Gasteiger partial charge on any atom is -0.497 e. The largest absolute Gasteiger partial charge is 0.497 e. The number of ether oxygens (including phenoxy) is 2. The molecule has 0 aliphatic carbocycles. The van der Waals surface area contributed by atoms with E-state index in [1.807, 2.05) is 78.9 Å². The van der Waals surface area contributed by atoms with Gasteiger partial charge in [0.2, 0.25) is 0 Å². The molecule has 3 rings (SSSR count). The Labute approximate surface area is 147 Å². The molecule has 0 amide bonds. The molecule has 0 aliphatic heterocycles. The van der Waals surface area contributed by atoms with Crippen molar-refractivity contribution in [2.75, 3.05) is 19.6 Å². The second-order valence-corrected chi connectivity index (χ2v) is 5.40. The summed E-state index contributed by atoms with van der Waals surface area (Å²) < 4.78 is 10.5. The maximum absolute atomic E-state index is 5.24. The molecule has 0 atom stereocenters. The minimum atomic E-state index is 0.814. The highest BCUT2D eigenvalue weighted by molar-refractivity contribution is 6.13. The second-order valence-electron chi connectivity index (χ2n) is 5.40. The molecule has 126 valence electrons. The van der Waals surface area contributed by atoms with Gasteiger partial charge in [0.25, 0.3) is 0 Å². The molecule has 0 unspecified atom stereocenters. The van der Waals surface area contributed by atoms with Crippen LogP contribution in [0.15, 0.2) is 84.0 Å². The van der Waals surface area contributed by atoms with Crippen molar-refractivity contribution in [3.8, 4) is 11.5 Å². The van der Waals surface area contributed by atoms with Gasteiger partial charge in [0.05, 0.1) is 25.6 Å². The Bertz CT molecular complexity index is 777. The number of hydrogen-bond acceptors (Lipinski definition) is 4. The third-order valence-electron chi connectivity index (χ3n) is 3.80. The van der Waals surface area contributed by atoms with Crippen LogP contribution in [0.5, 0.6) is 11.5 Å². The van der Waals surface area contributed by atoms with Crippen LogP contribution in [0.2, 0.25) is 0 Å². The van der Waals surface area contributed by atoms with Gasteiger partial charge in [-0.05, 0) is 60.7 Å². The van der Waals surface area contributed by atoms with Crippen LogP contribution in [0.4, 0.5) is 5.69 Å². The highest BCUT2D eigenvalue weighted by atomic mass is 16.5. The first kappa shape index (κ1) is 16.6. The van der Waals surface area contributed by atoms with Crippen LogP contribution in [0.25, 0.3) is 0 Å². The summed E-state index contributed by atoms with van der Waals surface area (Å²) in [4.78, 5) is 0. The predicted octanol–water partition coefficient (Wildman–Crippen LogP) is 4.57. The Hall–Kier alpha value is -3.27. The molecular formula is C21H20N2O2. The summed E-state index contributed by atoms with van der Waals surface area (Å²) in [5.74, 6) is 1.63. The SMILES string of the molecule is COc1ccc(C(=NNc2ccccc2)c2ccc(OC)cc2)cc1. The monoisotopic (exact) mass is 332 g/mol. The van der Waals surface area contributed by atoms with E-state index >= 15 is 0 Å². The molecule has 0 aromatic heterocycles.